The van der Waals surface area contributed by atoms with E-state index in [1.54, 1.807) is 97.1 Å². The zero-order chi connectivity index (χ0) is 41.9. The third kappa shape index (κ3) is 15.3. The van der Waals surface area contributed by atoms with Gasteiger partial charge in [-0.05, 0) is 173 Å². The second kappa shape index (κ2) is 22.6. The molecule has 0 unspecified atom stereocenters. The smallest absolute Gasteiger partial charge is 0.434 e. The predicted molar refractivity (Wildman–Crippen MR) is 220 cm³/mol. The molecule has 0 saturated carbocycles. The highest BCUT2D eigenvalue weighted by Gasteiger charge is 2.10. The first-order valence-corrected chi connectivity index (χ1v) is 18.5. The van der Waals surface area contributed by atoms with Gasteiger partial charge in [-0.1, -0.05) is 0 Å². The second-order valence-corrected chi connectivity index (χ2v) is 12.8. The van der Waals surface area contributed by atoms with Crippen molar-refractivity contribution in [3.05, 3.63) is 119 Å². The van der Waals surface area contributed by atoms with Crippen LogP contribution in [0.1, 0.15) is 89.5 Å². The van der Waals surface area contributed by atoms with Gasteiger partial charge in [0.05, 0.1) is 36.1 Å². The van der Waals surface area contributed by atoms with Crippen LogP contribution in [0.3, 0.4) is 0 Å². The molecular weight excluding hydrogens is 745 g/mol. The molecule has 0 bridgehead atoms. The molecule has 0 amide bonds. The minimum atomic E-state index is -0.801. The standard InChI is InChI=1S/C44H46N4O10/c1-29(35-11-19-39(20-12-35)55-33(5)49)45-47-31(3)37-15-23-41(24-16-37)57-43(51)53-27-9-7-8-10-28-54-44(52)58-42-25-17-38(18-26-42)32(4)48-46-30(2)36-13-21-40(22-14-36)56-34(6)50/h11-26H,7-10,27-28H2,1-6H3/b45-29+,46-30+,47-31+,48-32+. The minimum Gasteiger partial charge on any atom is -0.434 e. The van der Waals surface area contributed by atoms with Crippen LogP contribution in [-0.4, -0.2) is 60.3 Å². The normalized spacial score (nSPS) is 12.0. The van der Waals surface area contributed by atoms with Crippen molar-refractivity contribution >= 4 is 47.1 Å². The summed E-state index contributed by atoms with van der Waals surface area (Å²) < 4.78 is 31.0. The van der Waals surface area contributed by atoms with Crippen molar-refractivity contribution in [1.82, 2.24) is 0 Å². The summed E-state index contributed by atoms with van der Waals surface area (Å²) in [5.41, 5.74) is 5.97. The number of carbonyl (C=O) groups is 4. The molecule has 4 aromatic rings. The van der Waals surface area contributed by atoms with E-state index in [0.717, 1.165) is 35.1 Å². The van der Waals surface area contributed by atoms with Crippen molar-refractivity contribution in [2.75, 3.05) is 13.2 Å². The third-order valence-electron chi connectivity index (χ3n) is 8.19. The largest absolute Gasteiger partial charge is 0.513 e. The highest BCUT2D eigenvalue weighted by molar-refractivity contribution is 6.02. The van der Waals surface area contributed by atoms with E-state index in [-0.39, 0.29) is 25.2 Å². The molecule has 14 heteroatoms. The number of hydrogen-bond acceptors (Lipinski definition) is 14. The topological polar surface area (TPSA) is 173 Å². The van der Waals surface area contributed by atoms with Crippen LogP contribution in [0, 0.1) is 0 Å². The average Bonchev–Trinajstić information content (AvgIpc) is 3.20. The fraction of sp³-hybridized carbons (Fsp3) is 0.273. The number of benzene rings is 4. The Morgan fingerprint density at radius 3 is 0.845 bits per heavy atom. The van der Waals surface area contributed by atoms with E-state index >= 15 is 0 Å². The van der Waals surface area contributed by atoms with Gasteiger partial charge in [0, 0.05) is 13.8 Å². The van der Waals surface area contributed by atoms with Crippen molar-refractivity contribution < 1.29 is 47.6 Å². The van der Waals surface area contributed by atoms with Crippen molar-refractivity contribution in [3.8, 4) is 23.0 Å². The Labute approximate surface area is 337 Å². The van der Waals surface area contributed by atoms with Crippen LogP contribution in [0.25, 0.3) is 0 Å². The quantitative estimate of drug-likeness (QED) is 0.0250. The van der Waals surface area contributed by atoms with Gasteiger partial charge in [0.1, 0.15) is 23.0 Å². The van der Waals surface area contributed by atoms with E-state index in [9.17, 15) is 19.2 Å². The van der Waals surface area contributed by atoms with Crippen LogP contribution in [-0.2, 0) is 19.1 Å². The van der Waals surface area contributed by atoms with Gasteiger partial charge in [-0.15, -0.1) is 0 Å². The first-order chi connectivity index (χ1) is 27.9. The van der Waals surface area contributed by atoms with Crippen molar-refractivity contribution in [1.29, 1.82) is 0 Å². The average molecular weight is 791 g/mol. The van der Waals surface area contributed by atoms with Gasteiger partial charge in [-0.3, -0.25) is 9.59 Å². The van der Waals surface area contributed by atoms with Crippen LogP contribution < -0.4 is 18.9 Å². The van der Waals surface area contributed by atoms with E-state index in [1.165, 1.54) is 13.8 Å². The summed E-state index contributed by atoms with van der Waals surface area (Å²) in [5, 5.41) is 17.2. The van der Waals surface area contributed by atoms with Crippen LogP contribution in [0.2, 0.25) is 0 Å². The molecule has 58 heavy (non-hydrogen) atoms. The molecule has 0 fully saturated rings. The number of unbranched alkanes of at least 4 members (excludes halogenated alkanes) is 3. The molecule has 0 aromatic heterocycles. The number of esters is 2. The summed E-state index contributed by atoms with van der Waals surface area (Å²) in [6, 6.07) is 27.6. The highest BCUT2D eigenvalue weighted by atomic mass is 16.7. The summed E-state index contributed by atoms with van der Waals surface area (Å²) in [6.45, 7) is 10.4. The van der Waals surface area contributed by atoms with Gasteiger partial charge in [0.15, 0.2) is 0 Å². The molecule has 0 aliphatic rings. The Morgan fingerprint density at radius 1 is 0.362 bits per heavy atom. The lowest BCUT2D eigenvalue weighted by Crippen LogP contribution is -2.12. The lowest BCUT2D eigenvalue weighted by Gasteiger charge is -2.08. The summed E-state index contributed by atoms with van der Waals surface area (Å²) in [4.78, 5) is 46.5. The molecule has 0 radical (unpaired) electrons. The first-order valence-electron chi connectivity index (χ1n) is 18.5. The maximum absolute atomic E-state index is 12.2. The summed E-state index contributed by atoms with van der Waals surface area (Å²) >= 11 is 0. The van der Waals surface area contributed by atoms with E-state index < -0.39 is 12.3 Å². The molecule has 14 nitrogen and oxygen atoms in total. The third-order valence-corrected chi connectivity index (χ3v) is 8.19. The van der Waals surface area contributed by atoms with Gasteiger partial charge < -0.3 is 28.4 Å². The van der Waals surface area contributed by atoms with E-state index in [4.69, 9.17) is 28.4 Å². The second-order valence-electron chi connectivity index (χ2n) is 12.8. The molecule has 0 atom stereocenters. The molecule has 0 aliphatic heterocycles. The fourth-order valence-electron chi connectivity index (χ4n) is 5.04. The van der Waals surface area contributed by atoms with E-state index in [0.29, 0.717) is 58.7 Å². The van der Waals surface area contributed by atoms with Gasteiger partial charge in [-0.2, -0.15) is 20.4 Å². The summed E-state index contributed by atoms with van der Waals surface area (Å²) in [5.74, 6) is 0.803. The predicted octanol–water partition coefficient (Wildman–Crippen LogP) is 9.30. The van der Waals surface area contributed by atoms with Crippen molar-refractivity contribution in [2.45, 2.75) is 67.2 Å². The molecule has 0 aliphatic carbocycles. The maximum Gasteiger partial charge on any atom is 0.513 e. The SMILES string of the molecule is CC(=O)Oc1ccc(/C(C)=N/N=C(\C)c2ccc(OC(=O)OCCCCCCOC(=O)Oc3ccc(/C(C)=N/N=C(\C)c4ccc(OC(C)=O)cc4)cc3)cc2)cc1. The lowest BCUT2D eigenvalue weighted by atomic mass is 10.1. The van der Waals surface area contributed by atoms with Crippen LogP contribution in [0.4, 0.5) is 9.59 Å². The maximum atomic E-state index is 12.2. The monoisotopic (exact) mass is 790 g/mol. The molecule has 0 heterocycles. The first kappa shape index (κ1) is 43.8. The van der Waals surface area contributed by atoms with Crippen LogP contribution in [0.5, 0.6) is 23.0 Å². The zero-order valence-corrected chi connectivity index (χ0v) is 33.4. The molecule has 0 N–H and O–H groups in total. The van der Waals surface area contributed by atoms with Gasteiger partial charge in [0.25, 0.3) is 0 Å². The van der Waals surface area contributed by atoms with Gasteiger partial charge >= 0.3 is 24.2 Å². The molecule has 4 rings (SSSR count). The molecule has 4 aromatic carbocycles. The number of hydrogen-bond donors (Lipinski definition) is 0. The molecule has 0 saturated heterocycles. The van der Waals surface area contributed by atoms with E-state index in [1.807, 2.05) is 27.7 Å². The zero-order valence-electron chi connectivity index (χ0n) is 33.4. The number of carbonyl (C=O) groups excluding carboxylic acids is 4. The Bertz CT molecular complexity index is 1990. The van der Waals surface area contributed by atoms with Crippen LogP contribution >= 0.6 is 0 Å². The Morgan fingerprint density at radius 2 is 0.603 bits per heavy atom. The Balaban J connectivity index is 1.07. The van der Waals surface area contributed by atoms with Crippen molar-refractivity contribution in [2.24, 2.45) is 20.4 Å². The Kier molecular flexibility index (Phi) is 17.0. The molecule has 0 spiro atoms. The number of nitrogens with zero attached hydrogens (tertiary/aromatic N) is 4. The van der Waals surface area contributed by atoms with Gasteiger partial charge in [0.2, 0.25) is 0 Å². The summed E-state index contributed by atoms with van der Waals surface area (Å²) in [6.07, 6.45) is 1.16. The van der Waals surface area contributed by atoms with Gasteiger partial charge in [-0.25, -0.2) is 9.59 Å². The Hall–Kier alpha value is -6.96. The fourth-order valence-corrected chi connectivity index (χ4v) is 5.04. The lowest BCUT2D eigenvalue weighted by molar-refractivity contribution is -0.132. The molecule has 302 valence electrons. The number of rotatable bonds is 17. The van der Waals surface area contributed by atoms with Crippen molar-refractivity contribution in [3.63, 3.8) is 0 Å². The summed E-state index contributed by atoms with van der Waals surface area (Å²) in [7, 11) is 0. The molecular formula is C44H46N4O10. The number of ether oxygens (including phenoxy) is 6. The van der Waals surface area contributed by atoms with E-state index in [2.05, 4.69) is 20.4 Å². The van der Waals surface area contributed by atoms with Crippen LogP contribution in [0.15, 0.2) is 117 Å². The minimum absolute atomic E-state index is 0.189. The highest BCUT2D eigenvalue weighted by Crippen LogP contribution is 2.18.